The maximum atomic E-state index is 12.8. The molecule has 2 atom stereocenters. The average molecular weight is 479 g/mol. The highest BCUT2D eigenvalue weighted by molar-refractivity contribution is 7.99. The summed E-state index contributed by atoms with van der Waals surface area (Å²) in [5.74, 6) is 1.88. The molecule has 0 unspecified atom stereocenters. The predicted octanol–water partition coefficient (Wildman–Crippen LogP) is 5.10. The Morgan fingerprint density at radius 1 is 1.20 bits per heavy atom. The molecule has 0 spiro atoms. The van der Waals surface area contributed by atoms with Crippen LogP contribution in [0.5, 0.6) is 5.75 Å². The molecule has 9 heteroatoms. The second-order valence-electron chi connectivity index (χ2n) is 7.20. The van der Waals surface area contributed by atoms with Gasteiger partial charge in [-0.3, -0.25) is 14.2 Å². The largest absolute Gasteiger partial charge is 0.493 e. The number of hydrogen-bond donors (Lipinski definition) is 1. The molecule has 5 nitrogen and oxygen atoms in total. The van der Waals surface area contributed by atoms with E-state index >= 15 is 0 Å². The van der Waals surface area contributed by atoms with Crippen LogP contribution in [0.4, 0.5) is 5.69 Å². The molecule has 0 bridgehead atoms. The molecule has 1 aromatic heterocycles. The first-order chi connectivity index (χ1) is 14.5. The number of hydrogen-bond acceptors (Lipinski definition) is 5. The number of nitrogens with zero attached hydrogens (tertiary/aromatic N) is 1. The molecule has 3 heterocycles. The first kappa shape index (κ1) is 20.0. The van der Waals surface area contributed by atoms with Crippen molar-refractivity contribution in [2.24, 2.45) is 5.92 Å². The molecule has 1 amide bonds. The SMILES string of the molecule is O=C(Cn1c2c(sc1=O)[C@H]1c3ccccc3OC[C@H]1CS2)Nc1ccc(Cl)c(Cl)c1. The van der Waals surface area contributed by atoms with E-state index in [4.69, 9.17) is 27.9 Å². The molecule has 2 aliphatic rings. The Hall–Kier alpha value is -1.93. The van der Waals surface area contributed by atoms with Gasteiger partial charge >= 0.3 is 4.87 Å². The van der Waals surface area contributed by atoms with Gasteiger partial charge in [0.25, 0.3) is 0 Å². The van der Waals surface area contributed by atoms with Crippen LogP contribution in [0.1, 0.15) is 16.4 Å². The van der Waals surface area contributed by atoms with Gasteiger partial charge in [0.2, 0.25) is 5.91 Å². The summed E-state index contributed by atoms with van der Waals surface area (Å²) >= 11 is 14.8. The van der Waals surface area contributed by atoms with Crippen LogP contribution in [0, 0.1) is 5.92 Å². The second-order valence-corrected chi connectivity index (χ2v) is 10.0. The molecule has 0 aliphatic carbocycles. The van der Waals surface area contributed by atoms with Crippen LogP contribution in [-0.4, -0.2) is 22.8 Å². The van der Waals surface area contributed by atoms with Crippen LogP contribution in [0.25, 0.3) is 0 Å². The summed E-state index contributed by atoms with van der Waals surface area (Å²) in [4.78, 5) is 26.3. The lowest BCUT2D eigenvalue weighted by atomic mass is 9.84. The molecule has 2 aromatic carbocycles. The number of rotatable bonds is 3. The smallest absolute Gasteiger partial charge is 0.308 e. The maximum absolute atomic E-state index is 12.8. The second kappa shape index (κ2) is 7.96. The Morgan fingerprint density at radius 3 is 2.87 bits per heavy atom. The summed E-state index contributed by atoms with van der Waals surface area (Å²) < 4.78 is 7.49. The zero-order valence-electron chi connectivity index (χ0n) is 15.6. The summed E-state index contributed by atoms with van der Waals surface area (Å²) in [7, 11) is 0. The van der Waals surface area contributed by atoms with Crippen molar-refractivity contribution in [3.8, 4) is 5.75 Å². The zero-order valence-corrected chi connectivity index (χ0v) is 18.7. The van der Waals surface area contributed by atoms with Crippen molar-refractivity contribution in [3.05, 3.63) is 72.6 Å². The molecule has 30 heavy (non-hydrogen) atoms. The van der Waals surface area contributed by atoms with Gasteiger partial charge in [-0.2, -0.15) is 0 Å². The third-order valence-electron chi connectivity index (χ3n) is 5.27. The van der Waals surface area contributed by atoms with Gasteiger partial charge < -0.3 is 10.1 Å². The third kappa shape index (κ3) is 3.54. The number of carbonyl (C=O) groups excluding carboxylic acids is 1. The number of halogens is 2. The first-order valence-corrected chi connectivity index (χ1v) is 11.9. The lowest BCUT2D eigenvalue weighted by Gasteiger charge is -2.36. The Morgan fingerprint density at radius 2 is 2.03 bits per heavy atom. The molecular formula is C21H16Cl2N2O3S2. The minimum absolute atomic E-state index is 0.0482. The van der Waals surface area contributed by atoms with E-state index in [1.807, 2.05) is 18.2 Å². The van der Waals surface area contributed by atoms with Gasteiger partial charge in [-0.15, -0.1) is 11.8 Å². The van der Waals surface area contributed by atoms with Crippen molar-refractivity contribution >= 4 is 57.9 Å². The minimum atomic E-state index is -0.286. The Balaban J connectivity index is 1.44. The summed E-state index contributed by atoms with van der Waals surface area (Å²) in [6.45, 7) is 0.589. The van der Waals surface area contributed by atoms with Gasteiger partial charge in [0.05, 0.1) is 21.7 Å². The first-order valence-electron chi connectivity index (χ1n) is 9.34. The topological polar surface area (TPSA) is 60.3 Å². The van der Waals surface area contributed by atoms with Crippen molar-refractivity contribution in [1.29, 1.82) is 0 Å². The lowest BCUT2D eigenvalue weighted by Crippen LogP contribution is -2.31. The fourth-order valence-electron chi connectivity index (χ4n) is 3.91. The average Bonchev–Trinajstić information content (AvgIpc) is 3.05. The molecule has 5 rings (SSSR count). The van der Waals surface area contributed by atoms with Crippen LogP contribution >= 0.6 is 46.3 Å². The summed E-state index contributed by atoms with van der Waals surface area (Å²) in [6.07, 6.45) is 0. The van der Waals surface area contributed by atoms with Crippen LogP contribution in [0.2, 0.25) is 10.0 Å². The Bertz CT molecular complexity index is 1210. The van der Waals surface area contributed by atoms with Gasteiger partial charge in [0.15, 0.2) is 0 Å². The van der Waals surface area contributed by atoms with E-state index in [1.54, 1.807) is 34.5 Å². The normalized spacial score (nSPS) is 19.3. The number of nitrogens with one attached hydrogen (secondary N) is 1. The highest BCUT2D eigenvalue weighted by Crippen LogP contribution is 2.50. The number of benzene rings is 2. The Labute approximate surface area is 191 Å². The van der Waals surface area contributed by atoms with E-state index in [-0.39, 0.29) is 23.2 Å². The fourth-order valence-corrected chi connectivity index (χ4v) is 6.90. The van der Waals surface area contributed by atoms with Crippen molar-refractivity contribution in [1.82, 2.24) is 4.57 Å². The highest BCUT2D eigenvalue weighted by atomic mass is 35.5. The zero-order chi connectivity index (χ0) is 20.8. The standard InChI is InChI=1S/C21H16Cl2N2O3S2/c22-14-6-5-12(7-15(14)23)24-17(26)8-25-20-19(30-21(25)27)18-11(10-29-20)9-28-16-4-2-1-3-13(16)18/h1-7,11,18H,8-10H2,(H,24,26)/t11-,18+/m0/s1. The van der Waals surface area contributed by atoms with Crippen molar-refractivity contribution < 1.29 is 9.53 Å². The molecule has 0 fully saturated rings. The summed E-state index contributed by atoms with van der Waals surface area (Å²) in [5.41, 5.74) is 1.65. The number of amides is 1. The van der Waals surface area contributed by atoms with Gasteiger partial charge in [0, 0.05) is 33.7 Å². The quantitative estimate of drug-likeness (QED) is 0.568. The molecule has 1 N–H and O–H groups in total. The van der Waals surface area contributed by atoms with E-state index in [9.17, 15) is 9.59 Å². The van der Waals surface area contributed by atoms with Crippen molar-refractivity contribution in [3.63, 3.8) is 0 Å². The number of anilines is 1. The minimum Gasteiger partial charge on any atom is -0.493 e. The number of carbonyl (C=O) groups is 1. The number of para-hydroxylation sites is 1. The lowest BCUT2D eigenvalue weighted by molar-refractivity contribution is -0.116. The highest BCUT2D eigenvalue weighted by Gasteiger charge is 2.39. The number of thioether (sulfide) groups is 1. The van der Waals surface area contributed by atoms with E-state index in [0.29, 0.717) is 28.3 Å². The van der Waals surface area contributed by atoms with E-state index in [1.165, 1.54) is 11.3 Å². The molecule has 154 valence electrons. The molecule has 0 saturated heterocycles. The number of fused-ring (bicyclic) bond motifs is 5. The van der Waals surface area contributed by atoms with Gasteiger partial charge in [0.1, 0.15) is 12.3 Å². The molecule has 0 radical (unpaired) electrons. The molecule has 2 aliphatic heterocycles. The number of aromatic nitrogens is 1. The molecular weight excluding hydrogens is 463 g/mol. The van der Waals surface area contributed by atoms with E-state index in [2.05, 4.69) is 11.4 Å². The van der Waals surface area contributed by atoms with Gasteiger partial charge in [-0.1, -0.05) is 52.7 Å². The predicted molar refractivity (Wildman–Crippen MR) is 122 cm³/mol. The van der Waals surface area contributed by atoms with Crippen LogP contribution in [-0.2, 0) is 11.3 Å². The number of thiazole rings is 1. The van der Waals surface area contributed by atoms with Crippen LogP contribution in [0.3, 0.4) is 0 Å². The Kier molecular flexibility index (Phi) is 5.31. The monoisotopic (exact) mass is 478 g/mol. The molecule has 0 saturated carbocycles. The maximum Gasteiger partial charge on any atom is 0.308 e. The fraction of sp³-hybridized carbons (Fsp3) is 0.238. The van der Waals surface area contributed by atoms with E-state index < -0.39 is 0 Å². The number of ether oxygens (including phenoxy) is 1. The summed E-state index contributed by atoms with van der Waals surface area (Å²) in [5, 5.41) is 4.45. The van der Waals surface area contributed by atoms with Crippen LogP contribution in [0.15, 0.2) is 52.3 Å². The van der Waals surface area contributed by atoms with E-state index in [0.717, 1.165) is 27.0 Å². The molecule has 3 aromatic rings. The van der Waals surface area contributed by atoms with Crippen molar-refractivity contribution in [2.75, 3.05) is 17.7 Å². The van der Waals surface area contributed by atoms with Crippen LogP contribution < -0.4 is 14.9 Å². The third-order valence-corrected chi connectivity index (χ3v) is 8.51. The van der Waals surface area contributed by atoms with Gasteiger partial charge in [-0.25, -0.2) is 0 Å². The van der Waals surface area contributed by atoms with Crippen molar-refractivity contribution in [2.45, 2.75) is 17.5 Å². The summed E-state index contributed by atoms with van der Waals surface area (Å²) in [6, 6.07) is 12.9. The van der Waals surface area contributed by atoms with Gasteiger partial charge in [-0.05, 0) is 24.3 Å².